The smallest absolute Gasteiger partial charge is 0.295 e. The highest BCUT2D eigenvalue weighted by atomic mass is 35.5. The zero-order valence-electron chi connectivity index (χ0n) is 19.2. The Hall–Kier alpha value is -3.09. The molecule has 1 unspecified atom stereocenters. The first-order valence-electron chi connectivity index (χ1n) is 11.1. The second-order valence-corrected chi connectivity index (χ2v) is 9.87. The molecule has 0 spiro atoms. The number of carbonyl (C=O) groups is 2. The maximum Gasteiger partial charge on any atom is 0.295 e. The van der Waals surface area contributed by atoms with Crippen LogP contribution in [0.4, 0.5) is 0 Å². The summed E-state index contributed by atoms with van der Waals surface area (Å²) in [6.07, 6.45) is 0. The number of ether oxygens (including phenoxy) is 1. The van der Waals surface area contributed by atoms with E-state index in [4.69, 9.17) is 16.3 Å². The van der Waals surface area contributed by atoms with Crippen molar-refractivity contribution in [3.8, 4) is 5.75 Å². The lowest BCUT2D eigenvalue weighted by molar-refractivity contribution is -0.140. The molecule has 1 aliphatic heterocycles. The van der Waals surface area contributed by atoms with Crippen LogP contribution in [0.3, 0.4) is 0 Å². The maximum absolute atomic E-state index is 13.2. The van der Waals surface area contributed by atoms with Crippen LogP contribution in [0.15, 0.2) is 65.6 Å². The van der Waals surface area contributed by atoms with Crippen LogP contribution in [-0.2, 0) is 16.1 Å². The number of thiophene rings is 1. The van der Waals surface area contributed by atoms with Crippen molar-refractivity contribution < 1.29 is 19.4 Å². The fraction of sp³-hybridized carbons (Fsp3) is 0.259. The summed E-state index contributed by atoms with van der Waals surface area (Å²) in [6, 6.07) is 15.4. The zero-order chi connectivity index (χ0) is 24.4. The number of nitrogens with zero attached hydrogens (tertiary/aromatic N) is 1. The number of rotatable bonds is 7. The Morgan fingerprint density at radius 3 is 2.50 bits per heavy atom. The Balaban J connectivity index is 1.86. The summed E-state index contributed by atoms with van der Waals surface area (Å²) in [5.41, 5.74) is 2.17. The number of Topliss-reactive ketones (excluding diaryl/α,β-unsaturated/α-hetero) is 1. The lowest BCUT2D eigenvalue weighted by atomic mass is 9.93. The Morgan fingerprint density at radius 2 is 1.88 bits per heavy atom. The summed E-state index contributed by atoms with van der Waals surface area (Å²) in [6.45, 7) is 6.78. The minimum Gasteiger partial charge on any atom is -0.507 e. The van der Waals surface area contributed by atoms with Gasteiger partial charge in [0.15, 0.2) is 0 Å². The van der Waals surface area contributed by atoms with E-state index in [9.17, 15) is 14.7 Å². The van der Waals surface area contributed by atoms with Gasteiger partial charge in [0.2, 0.25) is 0 Å². The standard InChI is InChI=1S/C27H26ClNO4S/c1-4-33-22-12-9-18(14-21(22)16(2)3)25(30)23-24(17-7-10-19(28)11-8-17)29(27(32)26(23)31)15-20-6-5-13-34-20/h5-14,16,24,30H,4,15H2,1-3H3/b25-23-. The predicted octanol–water partition coefficient (Wildman–Crippen LogP) is 6.55. The lowest BCUT2D eigenvalue weighted by Gasteiger charge is -2.25. The molecule has 1 aromatic heterocycles. The molecular formula is C27H26ClNO4S. The van der Waals surface area contributed by atoms with E-state index in [1.54, 1.807) is 36.4 Å². The van der Waals surface area contributed by atoms with Gasteiger partial charge in [-0.15, -0.1) is 11.3 Å². The topological polar surface area (TPSA) is 66.8 Å². The quantitative estimate of drug-likeness (QED) is 0.229. The monoisotopic (exact) mass is 495 g/mol. The van der Waals surface area contributed by atoms with E-state index in [0.29, 0.717) is 22.8 Å². The van der Waals surface area contributed by atoms with Crippen molar-refractivity contribution in [2.75, 3.05) is 6.61 Å². The molecule has 0 bridgehead atoms. The van der Waals surface area contributed by atoms with Gasteiger partial charge in [-0.3, -0.25) is 9.59 Å². The molecule has 34 heavy (non-hydrogen) atoms. The van der Waals surface area contributed by atoms with Gasteiger partial charge < -0.3 is 14.7 Å². The predicted molar refractivity (Wildman–Crippen MR) is 135 cm³/mol. The first-order valence-corrected chi connectivity index (χ1v) is 12.4. The number of hydrogen-bond acceptors (Lipinski definition) is 5. The number of hydrogen-bond donors (Lipinski definition) is 1. The Labute approximate surface area is 208 Å². The Bertz CT molecular complexity index is 1230. The number of carbonyl (C=O) groups excluding carboxylic acids is 2. The molecule has 0 radical (unpaired) electrons. The molecule has 1 aliphatic rings. The lowest BCUT2D eigenvalue weighted by Crippen LogP contribution is -2.28. The van der Waals surface area contributed by atoms with Gasteiger partial charge in [-0.05, 0) is 65.7 Å². The van der Waals surface area contributed by atoms with Crippen LogP contribution in [-0.4, -0.2) is 28.3 Å². The van der Waals surface area contributed by atoms with Crippen LogP contribution in [0.25, 0.3) is 5.76 Å². The van der Waals surface area contributed by atoms with Crippen LogP contribution >= 0.6 is 22.9 Å². The van der Waals surface area contributed by atoms with Gasteiger partial charge in [0.25, 0.3) is 11.7 Å². The van der Waals surface area contributed by atoms with Crippen molar-refractivity contribution in [2.45, 2.75) is 39.3 Å². The van der Waals surface area contributed by atoms with E-state index >= 15 is 0 Å². The van der Waals surface area contributed by atoms with E-state index in [0.717, 1.165) is 16.2 Å². The van der Waals surface area contributed by atoms with E-state index in [2.05, 4.69) is 0 Å². The summed E-state index contributed by atoms with van der Waals surface area (Å²) >= 11 is 7.60. The fourth-order valence-corrected chi connectivity index (χ4v) is 5.02. The molecule has 1 N–H and O–H groups in total. The molecule has 1 amide bonds. The minimum absolute atomic E-state index is 0.0720. The molecule has 1 saturated heterocycles. The van der Waals surface area contributed by atoms with Crippen molar-refractivity contribution in [3.05, 3.63) is 92.1 Å². The van der Waals surface area contributed by atoms with Gasteiger partial charge in [-0.25, -0.2) is 0 Å². The van der Waals surface area contributed by atoms with Crippen LogP contribution in [0, 0.1) is 0 Å². The number of aliphatic hydroxyl groups is 1. The second kappa shape index (κ2) is 10.0. The summed E-state index contributed by atoms with van der Waals surface area (Å²) < 4.78 is 5.74. The molecule has 1 atom stereocenters. The average molecular weight is 496 g/mol. The zero-order valence-corrected chi connectivity index (χ0v) is 20.8. The van der Waals surface area contributed by atoms with Crippen molar-refractivity contribution in [1.29, 1.82) is 0 Å². The summed E-state index contributed by atoms with van der Waals surface area (Å²) in [5, 5.41) is 13.9. The molecule has 176 valence electrons. The highest BCUT2D eigenvalue weighted by Gasteiger charge is 2.46. The molecule has 3 aromatic rings. The van der Waals surface area contributed by atoms with Gasteiger partial charge in [-0.1, -0.05) is 43.6 Å². The molecule has 2 heterocycles. The third-order valence-electron chi connectivity index (χ3n) is 5.84. The summed E-state index contributed by atoms with van der Waals surface area (Å²) in [7, 11) is 0. The molecule has 0 aliphatic carbocycles. The van der Waals surface area contributed by atoms with Gasteiger partial charge in [0, 0.05) is 15.5 Å². The third kappa shape index (κ3) is 4.61. The molecule has 2 aromatic carbocycles. The maximum atomic E-state index is 13.2. The van der Waals surface area contributed by atoms with Crippen LogP contribution in [0.5, 0.6) is 5.75 Å². The number of benzene rings is 2. The van der Waals surface area contributed by atoms with Crippen molar-refractivity contribution in [3.63, 3.8) is 0 Å². The molecule has 4 rings (SSSR count). The Morgan fingerprint density at radius 1 is 1.15 bits per heavy atom. The van der Waals surface area contributed by atoms with Crippen molar-refractivity contribution in [2.24, 2.45) is 0 Å². The molecular weight excluding hydrogens is 470 g/mol. The molecule has 0 saturated carbocycles. The number of aliphatic hydroxyl groups excluding tert-OH is 1. The van der Waals surface area contributed by atoms with E-state index in [1.165, 1.54) is 16.2 Å². The normalized spacial score (nSPS) is 17.6. The average Bonchev–Trinajstić information content (AvgIpc) is 3.42. The van der Waals surface area contributed by atoms with Crippen molar-refractivity contribution in [1.82, 2.24) is 4.90 Å². The molecule has 7 heteroatoms. The fourth-order valence-electron chi connectivity index (χ4n) is 4.19. The van der Waals surface area contributed by atoms with E-state index in [-0.39, 0.29) is 23.8 Å². The highest BCUT2D eigenvalue weighted by molar-refractivity contribution is 7.09. The van der Waals surface area contributed by atoms with Crippen LogP contribution in [0.2, 0.25) is 5.02 Å². The largest absolute Gasteiger partial charge is 0.507 e. The number of ketones is 1. The van der Waals surface area contributed by atoms with Crippen LogP contribution < -0.4 is 4.74 Å². The van der Waals surface area contributed by atoms with Gasteiger partial charge >= 0.3 is 0 Å². The number of halogens is 1. The van der Waals surface area contributed by atoms with Gasteiger partial charge in [-0.2, -0.15) is 0 Å². The van der Waals surface area contributed by atoms with Crippen molar-refractivity contribution >= 4 is 40.4 Å². The SMILES string of the molecule is CCOc1ccc(/C(O)=C2/C(=O)C(=O)N(Cc3cccs3)C2c2ccc(Cl)cc2)cc1C(C)C. The highest BCUT2D eigenvalue weighted by Crippen LogP contribution is 2.41. The van der Waals surface area contributed by atoms with Gasteiger partial charge in [0.1, 0.15) is 11.5 Å². The van der Waals surface area contributed by atoms with E-state index < -0.39 is 17.7 Å². The first kappa shape index (κ1) is 24.0. The van der Waals surface area contributed by atoms with Gasteiger partial charge in [0.05, 0.1) is 24.8 Å². The molecule has 1 fully saturated rings. The summed E-state index contributed by atoms with van der Waals surface area (Å²) in [5.74, 6) is -0.653. The second-order valence-electron chi connectivity index (χ2n) is 8.40. The van der Waals surface area contributed by atoms with Crippen LogP contribution in [0.1, 0.15) is 54.3 Å². The number of likely N-dealkylation sites (tertiary alicyclic amines) is 1. The minimum atomic E-state index is -0.728. The third-order valence-corrected chi connectivity index (χ3v) is 6.95. The molecule has 5 nitrogen and oxygen atoms in total. The summed E-state index contributed by atoms with van der Waals surface area (Å²) in [4.78, 5) is 28.8. The van der Waals surface area contributed by atoms with E-state index in [1.807, 2.05) is 44.4 Å². The first-order chi connectivity index (χ1) is 16.3. The number of amides is 1. The Kier molecular flexibility index (Phi) is 7.10.